The van der Waals surface area contributed by atoms with E-state index in [4.69, 9.17) is 0 Å². The third-order valence-corrected chi connectivity index (χ3v) is 5.41. The molecular formula is C19H22FN3O4S. The summed E-state index contributed by atoms with van der Waals surface area (Å²) in [4.78, 5) is 23.3. The molecule has 0 aliphatic carbocycles. The van der Waals surface area contributed by atoms with Crippen LogP contribution in [0.15, 0.2) is 59.5 Å². The van der Waals surface area contributed by atoms with Crippen LogP contribution in [0.3, 0.4) is 0 Å². The van der Waals surface area contributed by atoms with Crippen LogP contribution < -0.4 is 15.4 Å². The van der Waals surface area contributed by atoms with Crippen LogP contribution in [0.25, 0.3) is 0 Å². The first-order valence-corrected chi connectivity index (χ1v) is 10.1. The zero-order valence-electron chi connectivity index (χ0n) is 15.3. The Balaban J connectivity index is 1.76. The van der Waals surface area contributed by atoms with Gasteiger partial charge in [-0.05, 0) is 24.6 Å². The summed E-state index contributed by atoms with van der Waals surface area (Å²) < 4.78 is 40.1. The van der Waals surface area contributed by atoms with Crippen LogP contribution in [0, 0.1) is 5.82 Å². The molecule has 7 nitrogen and oxygen atoms in total. The van der Waals surface area contributed by atoms with Crippen molar-refractivity contribution in [2.24, 2.45) is 0 Å². The second kappa shape index (κ2) is 9.95. The maximum absolute atomic E-state index is 13.7. The highest BCUT2D eigenvalue weighted by atomic mass is 32.2. The standard InChI is InChI=1S/C19H22FN3O4S/c1-14(23-28(26,27)17-10-6-5-9-16(17)20)19(25)21-12-11-18(24)22-13-15-7-3-2-4-8-15/h2-10,14,23H,11-13H2,1H3,(H,21,25)(H,22,24)/t14-/m0/s1. The summed E-state index contributed by atoms with van der Waals surface area (Å²) in [6.07, 6.45) is 0.0470. The number of hydrogen-bond donors (Lipinski definition) is 3. The second-order valence-corrected chi connectivity index (χ2v) is 7.76. The average molecular weight is 407 g/mol. The number of carbonyl (C=O) groups is 2. The summed E-state index contributed by atoms with van der Waals surface area (Å²) >= 11 is 0. The molecule has 0 aliphatic rings. The van der Waals surface area contributed by atoms with E-state index in [2.05, 4.69) is 15.4 Å². The lowest BCUT2D eigenvalue weighted by Crippen LogP contribution is -2.45. The zero-order chi connectivity index (χ0) is 20.6. The van der Waals surface area contributed by atoms with Gasteiger partial charge in [-0.2, -0.15) is 4.72 Å². The van der Waals surface area contributed by atoms with Crippen LogP contribution in [0.2, 0.25) is 0 Å². The van der Waals surface area contributed by atoms with Crippen LogP contribution in [0.1, 0.15) is 18.9 Å². The molecule has 2 aromatic rings. The Labute approximate surface area is 163 Å². The summed E-state index contributed by atoms with van der Waals surface area (Å²) in [6.45, 7) is 1.76. The third-order valence-electron chi connectivity index (χ3n) is 3.84. The quantitative estimate of drug-likeness (QED) is 0.583. The minimum atomic E-state index is -4.18. The SMILES string of the molecule is C[C@H](NS(=O)(=O)c1ccccc1F)C(=O)NCCC(=O)NCc1ccccc1. The highest BCUT2D eigenvalue weighted by molar-refractivity contribution is 7.89. The molecule has 0 heterocycles. The molecule has 0 aliphatic heterocycles. The molecule has 3 N–H and O–H groups in total. The molecule has 0 bridgehead atoms. The summed E-state index contributed by atoms with van der Waals surface area (Å²) in [7, 11) is -4.18. The van der Waals surface area contributed by atoms with Gasteiger partial charge in [-0.15, -0.1) is 0 Å². The van der Waals surface area contributed by atoms with Gasteiger partial charge in [0.25, 0.3) is 0 Å². The Kier molecular flexibility index (Phi) is 7.65. The molecule has 0 unspecified atom stereocenters. The van der Waals surface area contributed by atoms with Crippen molar-refractivity contribution in [3.05, 3.63) is 66.0 Å². The van der Waals surface area contributed by atoms with Gasteiger partial charge in [0.05, 0.1) is 6.04 Å². The van der Waals surface area contributed by atoms with Crippen LogP contribution >= 0.6 is 0 Å². The Morgan fingerprint density at radius 3 is 2.32 bits per heavy atom. The van der Waals surface area contributed by atoms with Crippen molar-refractivity contribution in [3.63, 3.8) is 0 Å². The number of amides is 2. The number of nitrogens with one attached hydrogen (secondary N) is 3. The predicted octanol–water partition coefficient (Wildman–Crippen LogP) is 1.32. The lowest BCUT2D eigenvalue weighted by atomic mass is 10.2. The minimum absolute atomic E-state index is 0.0468. The van der Waals surface area contributed by atoms with Crippen LogP contribution in [-0.4, -0.2) is 32.8 Å². The lowest BCUT2D eigenvalue weighted by molar-refractivity contribution is -0.123. The first-order valence-electron chi connectivity index (χ1n) is 8.65. The molecule has 0 saturated carbocycles. The Morgan fingerprint density at radius 1 is 1.00 bits per heavy atom. The van der Waals surface area contributed by atoms with Crippen molar-refractivity contribution in [2.75, 3.05) is 6.54 Å². The van der Waals surface area contributed by atoms with E-state index in [1.807, 2.05) is 30.3 Å². The fourth-order valence-electron chi connectivity index (χ4n) is 2.35. The molecule has 2 amide bonds. The molecule has 1 atom stereocenters. The van der Waals surface area contributed by atoms with E-state index in [0.717, 1.165) is 17.7 Å². The molecule has 9 heteroatoms. The average Bonchev–Trinajstić information content (AvgIpc) is 2.67. The first-order chi connectivity index (χ1) is 13.3. The summed E-state index contributed by atoms with van der Waals surface area (Å²) in [5.74, 6) is -1.77. The number of benzene rings is 2. The number of sulfonamides is 1. The molecule has 0 saturated heterocycles. The second-order valence-electron chi connectivity index (χ2n) is 6.08. The van der Waals surface area contributed by atoms with Crippen molar-refractivity contribution in [1.82, 2.24) is 15.4 Å². The molecule has 0 aromatic heterocycles. The number of rotatable bonds is 9. The van der Waals surface area contributed by atoms with Crippen LogP contribution in [0.4, 0.5) is 4.39 Å². The fraction of sp³-hybridized carbons (Fsp3) is 0.263. The van der Waals surface area contributed by atoms with E-state index in [1.54, 1.807) is 0 Å². The Bertz CT molecular complexity index is 920. The highest BCUT2D eigenvalue weighted by Gasteiger charge is 2.24. The Hall–Kier alpha value is -2.78. The van der Waals surface area contributed by atoms with Crippen molar-refractivity contribution >= 4 is 21.8 Å². The van der Waals surface area contributed by atoms with E-state index in [-0.39, 0.29) is 18.9 Å². The summed E-state index contributed by atoms with van der Waals surface area (Å²) in [5, 5.41) is 5.20. The fourth-order valence-corrected chi connectivity index (χ4v) is 3.63. The molecule has 0 spiro atoms. The van der Waals surface area contributed by atoms with E-state index in [0.29, 0.717) is 6.54 Å². The smallest absolute Gasteiger partial charge is 0.244 e. The van der Waals surface area contributed by atoms with Gasteiger partial charge >= 0.3 is 0 Å². The van der Waals surface area contributed by atoms with Crippen molar-refractivity contribution in [1.29, 1.82) is 0 Å². The van der Waals surface area contributed by atoms with Crippen LogP contribution in [-0.2, 0) is 26.2 Å². The number of hydrogen-bond acceptors (Lipinski definition) is 4. The number of carbonyl (C=O) groups excluding carboxylic acids is 2. The largest absolute Gasteiger partial charge is 0.354 e. The first kappa shape index (κ1) is 21.5. The van der Waals surface area contributed by atoms with Crippen LogP contribution in [0.5, 0.6) is 0 Å². The molecule has 2 rings (SSSR count). The summed E-state index contributed by atoms with van der Waals surface area (Å²) in [5.41, 5.74) is 0.955. The molecule has 0 radical (unpaired) electrons. The maximum atomic E-state index is 13.7. The van der Waals surface area contributed by atoms with Crippen molar-refractivity contribution < 1.29 is 22.4 Å². The van der Waals surface area contributed by atoms with Crippen molar-refractivity contribution in [3.8, 4) is 0 Å². The molecule has 2 aromatic carbocycles. The molecule has 0 fully saturated rings. The summed E-state index contributed by atoms with van der Waals surface area (Å²) in [6, 6.07) is 13.1. The predicted molar refractivity (Wildman–Crippen MR) is 102 cm³/mol. The van der Waals surface area contributed by atoms with E-state index < -0.39 is 32.7 Å². The van der Waals surface area contributed by atoms with Gasteiger partial charge in [0.2, 0.25) is 21.8 Å². The van der Waals surface area contributed by atoms with Gasteiger partial charge in [-0.25, -0.2) is 12.8 Å². The maximum Gasteiger partial charge on any atom is 0.244 e. The zero-order valence-corrected chi connectivity index (χ0v) is 16.1. The highest BCUT2D eigenvalue weighted by Crippen LogP contribution is 2.13. The minimum Gasteiger partial charge on any atom is -0.354 e. The normalized spacial score (nSPS) is 12.2. The van der Waals surface area contributed by atoms with Gasteiger partial charge in [-0.3, -0.25) is 9.59 Å². The van der Waals surface area contributed by atoms with Gasteiger partial charge < -0.3 is 10.6 Å². The molecule has 28 heavy (non-hydrogen) atoms. The van der Waals surface area contributed by atoms with Gasteiger partial charge in [0.1, 0.15) is 10.7 Å². The number of halogens is 1. The van der Waals surface area contributed by atoms with E-state index >= 15 is 0 Å². The van der Waals surface area contributed by atoms with Gasteiger partial charge in [0.15, 0.2) is 0 Å². The van der Waals surface area contributed by atoms with Gasteiger partial charge in [0, 0.05) is 19.5 Å². The van der Waals surface area contributed by atoms with E-state index in [9.17, 15) is 22.4 Å². The molecular weight excluding hydrogens is 385 g/mol. The lowest BCUT2D eigenvalue weighted by Gasteiger charge is -2.14. The monoisotopic (exact) mass is 407 g/mol. The topological polar surface area (TPSA) is 104 Å². The van der Waals surface area contributed by atoms with Crippen molar-refractivity contribution in [2.45, 2.75) is 30.8 Å². The van der Waals surface area contributed by atoms with E-state index in [1.165, 1.54) is 19.1 Å². The third kappa shape index (κ3) is 6.43. The van der Waals surface area contributed by atoms with Gasteiger partial charge in [-0.1, -0.05) is 42.5 Å². The Morgan fingerprint density at radius 2 is 1.64 bits per heavy atom. The molecule has 150 valence electrons.